The van der Waals surface area contributed by atoms with Crippen LogP contribution in [0.25, 0.3) is 11.3 Å². The number of nitrogens with zero attached hydrogens (tertiary/aromatic N) is 1. The van der Waals surface area contributed by atoms with Crippen LogP contribution in [-0.2, 0) is 0 Å². The van der Waals surface area contributed by atoms with E-state index in [4.69, 9.17) is 5.73 Å². The molecule has 0 bridgehead atoms. The van der Waals surface area contributed by atoms with Crippen molar-refractivity contribution in [1.82, 2.24) is 4.98 Å². The van der Waals surface area contributed by atoms with Crippen molar-refractivity contribution in [3.63, 3.8) is 0 Å². The zero-order chi connectivity index (χ0) is 10.8. The van der Waals surface area contributed by atoms with E-state index in [-0.39, 0.29) is 5.75 Å². The number of benzene rings is 1. The van der Waals surface area contributed by atoms with Gasteiger partial charge in [0.25, 0.3) is 0 Å². The minimum absolute atomic E-state index is 0.160. The minimum Gasteiger partial charge on any atom is -0.507 e. The number of hydrogen-bond acceptors (Lipinski definition) is 3. The van der Waals surface area contributed by atoms with E-state index >= 15 is 0 Å². The smallest absolute Gasteiger partial charge is 0.127 e. The maximum atomic E-state index is 9.72. The third-order valence-electron chi connectivity index (χ3n) is 2.19. The van der Waals surface area contributed by atoms with Gasteiger partial charge in [0.05, 0.1) is 5.69 Å². The minimum atomic E-state index is 0.160. The number of anilines is 1. The first-order valence-electron chi connectivity index (χ1n) is 4.69. The second-order valence-corrected chi connectivity index (χ2v) is 3.44. The fourth-order valence-electron chi connectivity index (χ4n) is 1.46. The van der Waals surface area contributed by atoms with Gasteiger partial charge in [0.1, 0.15) is 5.75 Å². The molecule has 76 valence electrons. The summed E-state index contributed by atoms with van der Waals surface area (Å²) in [4.78, 5) is 4.33. The molecule has 15 heavy (non-hydrogen) atoms. The highest BCUT2D eigenvalue weighted by Crippen LogP contribution is 2.29. The van der Waals surface area contributed by atoms with Crippen LogP contribution in [0.3, 0.4) is 0 Å². The van der Waals surface area contributed by atoms with E-state index in [0.29, 0.717) is 11.3 Å². The Hall–Kier alpha value is -2.03. The van der Waals surface area contributed by atoms with Crippen LogP contribution in [0.2, 0.25) is 0 Å². The topological polar surface area (TPSA) is 59.1 Å². The lowest BCUT2D eigenvalue weighted by atomic mass is 10.1. The highest BCUT2D eigenvalue weighted by molar-refractivity contribution is 5.69. The van der Waals surface area contributed by atoms with Crippen molar-refractivity contribution >= 4 is 5.69 Å². The molecule has 0 unspecified atom stereocenters. The van der Waals surface area contributed by atoms with E-state index in [0.717, 1.165) is 11.4 Å². The summed E-state index contributed by atoms with van der Waals surface area (Å²) in [7, 11) is 0. The maximum Gasteiger partial charge on any atom is 0.127 e. The van der Waals surface area contributed by atoms with Crippen molar-refractivity contribution in [2.24, 2.45) is 0 Å². The largest absolute Gasteiger partial charge is 0.507 e. The molecule has 3 heteroatoms. The Labute approximate surface area is 88.2 Å². The molecule has 0 spiro atoms. The Morgan fingerprint density at radius 1 is 1.20 bits per heavy atom. The summed E-state index contributed by atoms with van der Waals surface area (Å²) >= 11 is 0. The van der Waals surface area contributed by atoms with Gasteiger partial charge in [0.2, 0.25) is 0 Å². The van der Waals surface area contributed by atoms with Crippen LogP contribution in [0.1, 0.15) is 5.69 Å². The van der Waals surface area contributed by atoms with Crippen LogP contribution >= 0.6 is 0 Å². The highest BCUT2D eigenvalue weighted by Gasteiger charge is 2.05. The molecule has 1 aromatic heterocycles. The summed E-state index contributed by atoms with van der Waals surface area (Å²) in [6.45, 7) is 1.91. The molecule has 3 nitrogen and oxygen atoms in total. The second-order valence-electron chi connectivity index (χ2n) is 3.44. The number of phenols is 1. The molecule has 1 heterocycles. The molecule has 0 radical (unpaired) electrons. The molecule has 2 rings (SSSR count). The van der Waals surface area contributed by atoms with Crippen molar-refractivity contribution in [3.05, 3.63) is 42.1 Å². The van der Waals surface area contributed by atoms with Crippen molar-refractivity contribution in [3.8, 4) is 17.0 Å². The van der Waals surface area contributed by atoms with Gasteiger partial charge in [0, 0.05) is 23.0 Å². The third kappa shape index (κ3) is 1.91. The number of aromatic hydroxyl groups is 1. The van der Waals surface area contributed by atoms with Gasteiger partial charge in [-0.05, 0) is 31.2 Å². The van der Waals surface area contributed by atoms with Crippen LogP contribution in [0, 0.1) is 6.92 Å². The lowest BCUT2D eigenvalue weighted by Crippen LogP contribution is -1.89. The summed E-state index contributed by atoms with van der Waals surface area (Å²) < 4.78 is 0. The maximum absolute atomic E-state index is 9.72. The van der Waals surface area contributed by atoms with Crippen LogP contribution in [0.5, 0.6) is 5.75 Å². The fourth-order valence-corrected chi connectivity index (χ4v) is 1.46. The number of aryl methyl sites for hydroxylation is 1. The first-order valence-corrected chi connectivity index (χ1v) is 4.69. The number of nitrogen functional groups attached to an aromatic ring is 1. The van der Waals surface area contributed by atoms with E-state index in [2.05, 4.69) is 4.98 Å². The van der Waals surface area contributed by atoms with E-state index < -0.39 is 0 Å². The molecule has 0 aliphatic rings. The molecule has 0 aliphatic heterocycles. The van der Waals surface area contributed by atoms with Crippen molar-refractivity contribution in [2.75, 3.05) is 5.73 Å². The van der Waals surface area contributed by atoms with Gasteiger partial charge < -0.3 is 10.8 Å². The zero-order valence-electron chi connectivity index (χ0n) is 8.44. The van der Waals surface area contributed by atoms with E-state index in [1.165, 1.54) is 6.07 Å². The van der Waals surface area contributed by atoms with Crippen molar-refractivity contribution in [2.45, 2.75) is 6.92 Å². The average molecular weight is 200 g/mol. The van der Waals surface area contributed by atoms with Gasteiger partial charge in [-0.1, -0.05) is 6.07 Å². The predicted molar refractivity (Wildman–Crippen MR) is 60.5 cm³/mol. The number of pyridine rings is 1. The molecular formula is C12H12N2O. The molecule has 2 aromatic rings. The lowest BCUT2D eigenvalue weighted by Gasteiger charge is -2.05. The SMILES string of the molecule is Cc1cccc(-c2ccc(N)cc2O)n1. The average Bonchev–Trinajstić information content (AvgIpc) is 2.17. The Morgan fingerprint density at radius 3 is 2.67 bits per heavy atom. The van der Waals surface area contributed by atoms with Gasteiger partial charge in [0.15, 0.2) is 0 Å². The molecule has 0 atom stereocenters. The van der Waals surface area contributed by atoms with Gasteiger partial charge in [-0.15, -0.1) is 0 Å². The Morgan fingerprint density at radius 2 is 2.00 bits per heavy atom. The highest BCUT2D eigenvalue weighted by atomic mass is 16.3. The number of aromatic nitrogens is 1. The quantitative estimate of drug-likeness (QED) is 0.694. The van der Waals surface area contributed by atoms with E-state index in [1.54, 1.807) is 12.1 Å². The molecule has 0 saturated carbocycles. The van der Waals surface area contributed by atoms with Gasteiger partial charge in [-0.25, -0.2) is 0 Å². The van der Waals surface area contributed by atoms with E-state index in [9.17, 15) is 5.11 Å². The number of phenolic OH excluding ortho intramolecular Hbond substituents is 1. The monoisotopic (exact) mass is 200 g/mol. The molecule has 0 saturated heterocycles. The van der Waals surface area contributed by atoms with Gasteiger partial charge >= 0.3 is 0 Å². The van der Waals surface area contributed by atoms with Crippen LogP contribution in [0.4, 0.5) is 5.69 Å². The third-order valence-corrected chi connectivity index (χ3v) is 2.19. The lowest BCUT2D eigenvalue weighted by molar-refractivity contribution is 0.477. The number of nitrogens with two attached hydrogens (primary N) is 1. The second kappa shape index (κ2) is 3.61. The molecular weight excluding hydrogens is 188 g/mol. The molecule has 0 aliphatic carbocycles. The zero-order valence-corrected chi connectivity index (χ0v) is 8.44. The summed E-state index contributed by atoms with van der Waals surface area (Å²) in [5.41, 5.74) is 8.48. The molecule has 0 fully saturated rings. The Kier molecular flexibility index (Phi) is 2.29. The normalized spacial score (nSPS) is 10.2. The van der Waals surface area contributed by atoms with Crippen LogP contribution in [-0.4, -0.2) is 10.1 Å². The van der Waals surface area contributed by atoms with E-state index in [1.807, 2.05) is 25.1 Å². The van der Waals surface area contributed by atoms with Crippen molar-refractivity contribution in [1.29, 1.82) is 0 Å². The Bertz CT molecular complexity index is 495. The molecule has 1 aromatic carbocycles. The molecule has 3 N–H and O–H groups in total. The van der Waals surface area contributed by atoms with Crippen LogP contribution in [0.15, 0.2) is 36.4 Å². The van der Waals surface area contributed by atoms with Gasteiger partial charge in [-0.3, -0.25) is 4.98 Å². The Balaban J connectivity index is 2.54. The first kappa shape index (κ1) is 9.52. The predicted octanol–water partition coefficient (Wildman–Crippen LogP) is 2.34. The number of hydrogen-bond donors (Lipinski definition) is 2. The standard InChI is InChI=1S/C12H12N2O/c1-8-3-2-4-11(14-8)10-6-5-9(13)7-12(10)15/h2-7,15H,13H2,1H3. The summed E-state index contributed by atoms with van der Waals surface area (Å²) in [5.74, 6) is 0.160. The summed E-state index contributed by atoms with van der Waals surface area (Å²) in [6, 6.07) is 10.7. The van der Waals surface area contributed by atoms with Crippen molar-refractivity contribution < 1.29 is 5.11 Å². The first-order chi connectivity index (χ1) is 7.16. The molecule has 0 amide bonds. The van der Waals surface area contributed by atoms with Crippen LogP contribution < -0.4 is 5.73 Å². The fraction of sp³-hybridized carbons (Fsp3) is 0.0833. The number of rotatable bonds is 1. The summed E-state index contributed by atoms with van der Waals surface area (Å²) in [6.07, 6.45) is 0. The van der Waals surface area contributed by atoms with Gasteiger partial charge in [-0.2, -0.15) is 0 Å². The summed E-state index contributed by atoms with van der Waals surface area (Å²) in [5, 5.41) is 9.72.